The highest BCUT2D eigenvalue weighted by molar-refractivity contribution is 9.11. The van der Waals surface area contributed by atoms with Crippen molar-refractivity contribution >= 4 is 43.5 Å². The molecular weight excluding hydrogens is 407 g/mol. The van der Waals surface area contributed by atoms with Gasteiger partial charge in [0.05, 0.1) is 14.6 Å². The van der Waals surface area contributed by atoms with Gasteiger partial charge < -0.3 is 16.2 Å². The summed E-state index contributed by atoms with van der Waals surface area (Å²) in [7, 11) is 0. The molecule has 0 saturated carbocycles. The molecule has 7 heteroatoms. The average Bonchev–Trinajstić information content (AvgIpc) is 2.43. The molecule has 0 aliphatic carbocycles. The van der Waals surface area contributed by atoms with Gasteiger partial charge >= 0.3 is 0 Å². The Morgan fingerprint density at radius 2 is 1.86 bits per heavy atom. The average molecular weight is 418 g/mol. The predicted molar refractivity (Wildman–Crippen MR) is 85.8 cm³/mol. The molecule has 2 aromatic carbocycles. The smallest absolute Gasteiger partial charge is 0.248 e. The molecule has 0 saturated heterocycles. The first-order valence-corrected chi connectivity index (χ1v) is 7.47. The van der Waals surface area contributed by atoms with E-state index in [4.69, 9.17) is 5.73 Å². The number of halogens is 3. The van der Waals surface area contributed by atoms with Gasteiger partial charge in [-0.25, -0.2) is 4.39 Å². The Labute approximate surface area is 137 Å². The van der Waals surface area contributed by atoms with E-state index in [9.17, 15) is 14.3 Å². The van der Waals surface area contributed by atoms with Crippen LogP contribution in [0.15, 0.2) is 39.3 Å². The molecule has 4 N–H and O–H groups in total. The SMILES string of the molecule is NC(=O)c1ccc(F)c(NCc2cc(Br)c(O)c(Br)c2)c1. The molecular formula is C14H11Br2FN2O2. The summed E-state index contributed by atoms with van der Waals surface area (Å²) in [6, 6.07) is 7.30. The van der Waals surface area contributed by atoms with Crippen molar-refractivity contribution in [1.82, 2.24) is 0 Å². The zero-order valence-corrected chi connectivity index (χ0v) is 13.8. The number of rotatable bonds is 4. The number of phenolic OH excluding ortho intramolecular Hbond substituents is 1. The molecule has 2 rings (SSSR count). The van der Waals surface area contributed by atoms with Gasteiger partial charge in [-0.05, 0) is 67.8 Å². The summed E-state index contributed by atoms with van der Waals surface area (Å²) in [5.41, 5.74) is 6.40. The first kappa shape index (κ1) is 15.8. The summed E-state index contributed by atoms with van der Waals surface area (Å²) in [4.78, 5) is 11.1. The van der Waals surface area contributed by atoms with E-state index in [1.807, 2.05) is 0 Å². The number of amides is 1. The molecule has 0 radical (unpaired) electrons. The van der Waals surface area contributed by atoms with Crippen LogP contribution in [0.1, 0.15) is 15.9 Å². The lowest BCUT2D eigenvalue weighted by atomic mass is 10.1. The standard InChI is InChI=1S/C14H11Br2FN2O2/c15-9-3-7(4-10(16)13(9)20)6-19-12-5-8(14(18)21)1-2-11(12)17/h1-5,19-20H,6H2,(H2,18,21). The molecule has 0 atom stereocenters. The van der Waals surface area contributed by atoms with Gasteiger partial charge in [0.2, 0.25) is 5.91 Å². The van der Waals surface area contributed by atoms with E-state index in [1.165, 1.54) is 18.2 Å². The minimum atomic E-state index is -0.617. The quantitative estimate of drug-likeness (QED) is 0.708. The van der Waals surface area contributed by atoms with Crippen molar-refractivity contribution in [3.8, 4) is 5.75 Å². The molecule has 0 fully saturated rings. The first-order valence-electron chi connectivity index (χ1n) is 5.88. The number of primary amides is 1. The van der Waals surface area contributed by atoms with Gasteiger partial charge in [0.1, 0.15) is 11.6 Å². The van der Waals surface area contributed by atoms with Crippen LogP contribution in [-0.2, 0) is 6.54 Å². The second kappa shape index (κ2) is 6.44. The fourth-order valence-electron chi connectivity index (χ4n) is 1.73. The highest BCUT2D eigenvalue weighted by atomic mass is 79.9. The third-order valence-electron chi connectivity index (χ3n) is 2.81. The molecule has 0 aliphatic heterocycles. The first-order chi connectivity index (χ1) is 9.88. The van der Waals surface area contributed by atoms with Crippen LogP contribution in [0.25, 0.3) is 0 Å². The fraction of sp³-hybridized carbons (Fsp3) is 0.0714. The van der Waals surface area contributed by atoms with Crippen LogP contribution in [0.4, 0.5) is 10.1 Å². The maximum atomic E-state index is 13.7. The molecule has 0 bridgehead atoms. The topological polar surface area (TPSA) is 75.4 Å². The molecule has 21 heavy (non-hydrogen) atoms. The summed E-state index contributed by atoms with van der Waals surface area (Å²) >= 11 is 6.45. The molecule has 0 aromatic heterocycles. The van der Waals surface area contributed by atoms with Gasteiger partial charge in [-0.1, -0.05) is 0 Å². The fourth-order valence-corrected chi connectivity index (χ4v) is 3.01. The zero-order valence-electron chi connectivity index (χ0n) is 10.7. The van der Waals surface area contributed by atoms with Crippen molar-refractivity contribution < 1.29 is 14.3 Å². The molecule has 1 amide bonds. The molecule has 4 nitrogen and oxygen atoms in total. The van der Waals surface area contributed by atoms with Gasteiger partial charge in [0.25, 0.3) is 0 Å². The van der Waals surface area contributed by atoms with Crippen LogP contribution in [0, 0.1) is 5.82 Å². The van der Waals surface area contributed by atoms with E-state index < -0.39 is 11.7 Å². The van der Waals surface area contributed by atoms with Crippen molar-refractivity contribution in [2.75, 3.05) is 5.32 Å². The highest BCUT2D eigenvalue weighted by Gasteiger charge is 2.09. The highest BCUT2D eigenvalue weighted by Crippen LogP contribution is 2.33. The van der Waals surface area contributed by atoms with Crippen LogP contribution in [0.2, 0.25) is 0 Å². The number of benzene rings is 2. The summed E-state index contributed by atoms with van der Waals surface area (Å²) in [5.74, 6) is -0.995. The number of aromatic hydroxyl groups is 1. The number of anilines is 1. The number of carbonyl (C=O) groups excluding carboxylic acids is 1. The minimum absolute atomic E-state index is 0.0978. The number of carbonyl (C=O) groups is 1. The van der Waals surface area contributed by atoms with Crippen LogP contribution < -0.4 is 11.1 Å². The van der Waals surface area contributed by atoms with Gasteiger partial charge in [-0.3, -0.25) is 4.79 Å². The minimum Gasteiger partial charge on any atom is -0.506 e. The summed E-state index contributed by atoms with van der Waals surface area (Å²) < 4.78 is 14.7. The molecule has 0 heterocycles. The van der Waals surface area contributed by atoms with E-state index in [1.54, 1.807) is 12.1 Å². The second-order valence-electron chi connectivity index (χ2n) is 4.32. The van der Waals surface area contributed by atoms with Gasteiger partial charge in [-0.15, -0.1) is 0 Å². The zero-order chi connectivity index (χ0) is 15.6. The third kappa shape index (κ3) is 3.74. The van der Waals surface area contributed by atoms with Crippen LogP contribution >= 0.6 is 31.9 Å². The van der Waals surface area contributed by atoms with Gasteiger partial charge in [-0.2, -0.15) is 0 Å². The van der Waals surface area contributed by atoms with E-state index >= 15 is 0 Å². The second-order valence-corrected chi connectivity index (χ2v) is 6.03. The van der Waals surface area contributed by atoms with E-state index in [0.717, 1.165) is 5.56 Å². The Morgan fingerprint density at radius 3 is 2.43 bits per heavy atom. The Bertz CT molecular complexity index is 684. The number of phenols is 1. The number of nitrogens with one attached hydrogen (secondary N) is 1. The van der Waals surface area contributed by atoms with Crippen LogP contribution in [-0.4, -0.2) is 11.0 Å². The lowest BCUT2D eigenvalue weighted by Gasteiger charge is -2.10. The van der Waals surface area contributed by atoms with Crippen molar-refractivity contribution in [3.05, 3.63) is 56.2 Å². The van der Waals surface area contributed by atoms with E-state index in [-0.39, 0.29) is 17.0 Å². The summed E-state index contributed by atoms with van der Waals surface area (Å²) in [6.07, 6.45) is 0. The number of nitrogens with two attached hydrogens (primary N) is 1. The number of hydrogen-bond acceptors (Lipinski definition) is 3. The largest absolute Gasteiger partial charge is 0.506 e. The third-order valence-corrected chi connectivity index (χ3v) is 4.02. The van der Waals surface area contributed by atoms with E-state index in [2.05, 4.69) is 37.2 Å². The maximum absolute atomic E-state index is 13.7. The van der Waals surface area contributed by atoms with Crippen LogP contribution in [0.3, 0.4) is 0 Å². The molecule has 0 spiro atoms. The molecule has 110 valence electrons. The van der Waals surface area contributed by atoms with Crippen LogP contribution in [0.5, 0.6) is 5.75 Å². The normalized spacial score (nSPS) is 10.4. The maximum Gasteiger partial charge on any atom is 0.248 e. The lowest BCUT2D eigenvalue weighted by Crippen LogP contribution is -2.12. The van der Waals surface area contributed by atoms with Crippen molar-refractivity contribution in [1.29, 1.82) is 0 Å². The Hall–Kier alpha value is -1.60. The van der Waals surface area contributed by atoms with Gasteiger partial charge in [0.15, 0.2) is 0 Å². The number of hydrogen-bond donors (Lipinski definition) is 3. The molecule has 0 aliphatic rings. The Morgan fingerprint density at radius 1 is 1.24 bits per heavy atom. The summed E-state index contributed by atoms with van der Waals surface area (Å²) in [6.45, 7) is 0.316. The lowest BCUT2D eigenvalue weighted by molar-refractivity contribution is 0.100. The molecule has 2 aromatic rings. The molecule has 0 unspecified atom stereocenters. The van der Waals surface area contributed by atoms with E-state index in [0.29, 0.717) is 15.5 Å². The monoisotopic (exact) mass is 416 g/mol. The van der Waals surface area contributed by atoms with Crippen molar-refractivity contribution in [2.24, 2.45) is 5.73 Å². The Kier molecular flexibility index (Phi) is 4.84. The van der Waals surface area contributed by atoms with Crippen molar-refractivity contribution in [3.63, 3.8) is 0 Å². The predicted octanol–water partition coefficient (Wildman–Crippen LogP) is 3.77. The van der Waals surface area contributed by atoms with Gasteiger partial charge in [0, 0.05) is 12.1 Å². The Balaban J connectivity index is 2.20. The summed E-state index contributed by atoms with van der Waals surface area (Å²) in [5, 5.41) is 12.5. The van der Waals surface area contributed by atoms with Crippen molar-refractivity contribution in [2.45, 2.75) is 6.54 Å².